The number of nitro groups is 2. The van der Waals surface area contributed by atoms with Crippen molar-refractivity contribution in [3.05, 3.63) is 148 Å². The van der Waals surface area contributed by atoms with E-state index in [0.29, 0.717) is 34.9 Å². The number of benzene rings is 5. The number of hydrogen-bond donors (Lipinski definition) is 6. The molecular formula is C30H22N8O12S2. The predicted octanol–water partition coefficient (Wildman–Crippen LogP) is 2.94. The van der Waals surface area contributed by atoms with Crippen molar-refractivity contribution in [2.24, 2.45) is 10.2 Å². The fraction of sp³-hybridized carbons (Fsp3) is 0. The molecule has 0 spiro atoms. The van der Waals surface area contributed by atoms with Crippen molar-refractivity contribution in [3.8, 4) is 0 Å². The van der Waals surface area contributed by atoms with E-state index < -0.39 is 67.5 Å². The van der Waals surface area contributed by atoms with Crippen molar-refractivity contribution < 1.29 is 35.8 Å². The second kappa shape index (κ2) is 14.5. The number of rotatable bonds is 12. The summed E-state index contributed by atoms with van der Waals surface area (Å²) >= 11 is 0. The van der Waals surface area contributed by atoms with E-state index in [2.05, 4.69) is 31.7 Å². The maximum Gasteiger partial charge on any atom is 0.296 e. The first-order valence-corrected chi connectivity index (χ1v) is 17.1. The summed E-state index contributed by atoms with van der Waals surface area (Å²) in [7, 11) is -9.63. The summed E-state index contributed by atoms with van der Waals surface area (Å²) in [5, 5.41) is 34.8. The quantitative estimate of drug-likeness (QED) is 0.0606. The van der Waals surface area contributed by atoms with E-state index in [9.17, 15) is 55.8 Å². The smallest absolute Gasteiger partial charge is 0.296 e. The molecular weight excluding hydrogens is 729 g/mol. The molecule has 52 heavy (non-hydrogen) atoms. The highest BCUT2D eigenvalue weighted by Gasteiger charge is 2.21. The van der Waals surface area contributed by atoms with Gasteiger partial charge in [0, 0.05) is 35.6 Å². The number of hydrogen-bond acceptors (Lipinski definition) is 16. The van der Waals surface area contributed by atoms with Crippen LogP contribution in [0.15, 0.2) is 127 Å². The molecule has 5 aromatic rings. The summed E-state index contributed by atoms with van der Waals surface area (Å²) in [6.07, 6.45) is 0. The number of non-ortho nitro benzene ring substituents is 2. The van der Waals surface area contributed by atoms with Gasteiger partial charge in [0.1, 0.15) is 15.1 Å². The molecule has 0 atom stereocenters. The summed E-state index contributed by atoms with van der Waals surface area (Å²) in [4.78, 5) is 44.4. The van der Waals surface area contributed by atoms with Crippen molar-refractivity contribution in [2.75, 3.05) is 21.5 Å². The lowest BCUT2D eigenvalue weighted by atomic mass is 10.2. The van der Waals surface area contributed by atoms with Crippen LogP contribution >= 0.6 is 0 Å². The standard InChI is InChI=1S/C30H22N8O12S2/c39-26-14-13-25(35-33-19-5-1-17(2-6-19)31-23-11-9-21(37(41)42)15-27(23)51(45,46)47)30(40)29(26)36-34-20-7-3-18(4-8-20)32-24-12-10-22(38(43)44)16-28(24)52(48,49)50/h1-16,31-34H,(H,45,46,47)(H,48,49,50)/b35-25-,36-29+. The molecule has 5 aromatic carbocycles. The van der Waals surface area contributed by atoms with Crippen LogP contribution in [0.2, 0.25) is 0 Å². The van der Waals surface area contributed by atoms with Gasteiger partial charge in [-0.3, -0.25) is 49.8 Å². The zero-order chi connectivity index (χ0) is 37.8. The van der Waals surface area contributed by atoms with Gasteiger partial charge < -0.3 is 10.6 Å². The Morgan fingerprint density at radius 2 is 0.962 bits per heavy atom. The SMILES string of the molecule is O=c1cc/c(=N/Nc2ccc(Nc3ccc([N+](=O)[O-])cc3S(=O)(=O)O)cc2)c(=O)/c1=N/Nc1ccc(Nc2ccc([N+](=O)[O-])cc2S(=O)(=O)O)cc1. The number of nitro benzene ring substituents is 2. The first-order chi connectivity index (χ1) is 24.5. The first-order valence-electron chi connectivity index (χ1n) is 14.2. The van der Waals surface area contributed by atoms with Gasteiger partial charge in [0.15, 0.2) is 5.36 Å². The summed E-state index contributed by atoms with van der Waals surface area (Å²) in [5.41, 5.74) is 3.63. The Hall–Kier alpha value is -6.88. The molecule has 0 aliphatic heterocycles. The Bertz CT molecular complexity index is 2680. The fourth-order valence-electron chi connectivity index (χ4n) is 4.43. The summed E-state index contributed by atoms with van der Waals surface area (Å²) < 4.78 is 66.2. The van der Waals surface area contributed by atoms with Crippen molar-refractivity contribution in [2.45, 2.75) is 9.79 Å². The number of nitrogens with one attached hydrogen (secondary N) is 4. The van der Waals surface area contributed by atoms with E-state index in [1.54, 1.807) is 0 Å². The van der Waals surface area contributed by atoms with Crippen LogP contribution in [0.3, 0.4) is 0 Å². The molecule has 266 valence electrons. The zero-order valence-corrected chi connectivity index (χ0v) is 27.5. The molecule has 0 saturated heterocycles. The molecule has 0 amide bonds. The number of anilines is 6. The van der Waals surface area contributed by atoms with Crippen molar-refractivity contribution >= 4 is 65.7 Å². The van der Waals surface area contributed by atoms with Crippen LogP contribution in [0, 0.1) is 20.2 Å². The Morgan fingerprint density at radius 1 is 0.558 bits per heavy atom. The minimum absolute atomic E-state index is 0.124. The Balaban J connectivity index is 1.30. The van der Waals surface area contributed by atoms with Crippen molar-refractivity contribution in [3.63, 3.8) is 0 Å². The highest BCUT2D eigenvalue weighted by atomic mass is 32.2. The third-order valence-electron chi connectivity index (χ3n) is 6.91. The summed E-state index contributed by atoms with van der Waals surface area (Å²) in [6.45, 7) is 0. The van der Waals surface area contributed by atoms with E-state index in [4.69, 9.17) is 0 Å². The van der Waals surface area contributed by atoms with Gasteiger partial charge in [-0.25, -0.2) is 0 Å². The molecule has 0 aromatic heterocycles. The number of nitrogens with zero attached hydrogens (tertiary/aromatic N) is 4. The maximum atomic E-state index is 13.0. The molecule has 22 heteroatoms. The van der Waals surface area contributed by atoms with Gasteiger partial charge in [-0.1, -0.05) is 0 Å². The highest BCUT2D eigenvalue weighted by Crippen LogP contribution is 2.30. The largest absolute Gasteiger partial charge is 0.354 e. The van der Waals surface area contributed by atoms with Crippen LogP contribution in [-0.2, 0) is 20.2 Å². The Kier molecular flexibility index (Phi) is 10.2. The second-order valence-electron chi connectivity index (χ2n) is 10.4. The van der Waals surface area contributed by atoms with Crippen LogP contribution in [0.25, 0.3) is 0 Å². The normalized spacial score (nSPS) is 12.3. The van der Waals surface area contributed by atoms with E-state index in [1.807, 2.05) is 0 Å². The van der Waals surface area contributed by atoms with Gasteiger partial charge in [0.2, 0.25) is 10.9 Å². The van der Waals surface area contributed by atoms with Gasteiger partial charge in [0.25, 0.3) is 31.6 Å². The highest BCUT2D eigenvalue weighted by molar-refractivity contribution is 7.86. The molecule has 0 aliphatic rings. The molecule has 0 heterocycles. The first kappa shape index (κ1) is 36.4. The maximum absolute atomic E-state index is 13.0. The lowest BCUT2D eigenvalue weighted by Crippen LogP contribution is -2.47. The van der Waals surface area contributed by atoms with Gasteiger partial charge in [-0.05, 0) is 72.8 Å². The Labute approximate surface area is 290 Å². The molecule has 0 radical (unpaired) electrons. The van der Waals surface area contributed by atoms with Gasteiger partial charge in [-0.15, -0.1) is 0 Å². The average Bonchev–Trinajstić information content (AvgIpc) is 3.08. The molecule has 5 rings (SSSR count). The fourth-order valence-corrected chi connectivity index (χ4v) is 5.76. The monoisotopic (exact) mass is 750 g/mol. The van der Waals surface area contributed by atoms with Crippen LogP contribution in [0.4, 0.5) is 45.5 Å². The third-order valence-corrected chi connectivity index (χ3v) is 8.70. The van der Waals surface area contributed by atoms with Gasteiger partial charge in [-0.2, -0.15) is 27.0 Å². The molecule has 0 saturated carbocycles. The van der Waals surface area contributed by atoms with Crippen LogP contribution in [0.1, 0.15) is 0 Å². The van der Waals surface area contributed by atoms with E-state index in [1.165, 1.54) is 54.6 Å². The lowest BCUT2D eigenvalue weighted by molar-refractivity contribution is -0.385. The third kappa shape index (κ3) is 8.64. The average molecular weight is 751 g/mol. The topological polar surface area (TPSA) is 302 Å². The van der Waals surface area contributed by atoms with E-state index in [-0.39, 0.29) is 16.7 Å². The predicted molar refractivity (Wildman–Crippen MR) is 185 cm³/mol. The van der Waals surface area contributed by atoms with Crippen LogP contribution < -0.4 is 43.1 Å². The van der Waals surface area contributed by atoms with E-state index >= 15 is 0 Å². The second-order valence-corrected chi connectivity index (χ2v) is 13.2. The molecule has 0 fully saturated rings. The van der Waals surface area contributed by atoms with Crippen molar-refractivity contribution in [1.29, 1.82) is 0 Å². The van der Waals surface area contributed by atoms with Crippen molar-refractivity contribution in [1.82, 2.24) is 0 Å². The lowest BCUT2D eigenvalue weighted by Gasteiger charge is -2.11. The molecule has 0 unspecified atom stereocenters. The summed E-state index contributed by atoms with van der Waals surface area (Å²) in [5.74, 6) is 0. The molecule has 6 N–H and O–H groups in total. The summed E-state index contributed by atoms with van der Waals surface area (Å²) in [6, 6.07) is 19.8. The van der Waals surface area contributed by atoms with Crippen LogP contribution in [0.5, 0.6) is 0 Å². The minimum atomic E-state index is -4.82. The Morgan fingerprint density at radius 3 is 1.37 bits per heavy atom. The molecule has 0 aliphatic carbocycles. The van der Waals surface area contributed by atoms with Gasteiger partial charge in [0.05, 0.1) is 32.6 Å². The minimum Gasteiger partial charge on any atom is -0.354 e. The molecule has 20 nitrogen and oxygen atoms in total. The zero-order valence-electron chi connectivity index (χ0n) is 25.8. The van der Waals surface area contributed by atoms with Crippen LogP contribution in [-0.4, -0.2) is 35.8 Å². The molecule has 0 bridgehead atoms. The van der Waals surface area contributed by atoms with E-state index in [0.717, 1.165) is 30.3 Å². The van der Waals surface area contributed by atoms with Gasteiger partial charge >= 0.3 is 0 Å².